The third-order valence-electron chi connectivity index (χ3n) is 12.6. The molecule has 0 atom stereocenters. The van der Waals surface area contributed by atoms with Crippen LogP contribution in [-0.2, 0) is 0 Å². The molecule has 0 bridgehead atoms. The van der Waals surface area contributed by atoms with E-state index in [1.807, 2.05) is 0 Å². The third kappa shape index (κ3) is 5.96. The summed E-state index contributed by atoms with van der Waals surface area (Å²) in [5.41, 5.74) is 14.0. The minimum atomic E-state index is 1.09. The van der Waals surface area contributed by atoms with Gasteiger partial charge in [0.2, 0.25) is 0 Å². The molecule has 0 spiro atoms. The number of hydrogen-bond donors (Lipinski definition) is 0. The Morgan fingerprint density at radius 2 is 0.758 bits per heavy atom. The number of fused-ring (bicyclic) bond motifs is 7. The maximum atomic E-state index is 2.42. The van der Waals surface area contributed by atoms with Crippen molar-refractivity contribution < 1.29 is 0 Å². The fraction of sp³-hybridized carbons (Fsp3) is 0. The average Bonchev–Trinajstić information content (AvgIpc) is 3.68. The van der Waals surface area contributed by atoms with Crippen LogP contribution >= 0.6 is 0 Å². The van der Waals surface area contributed by atoms with Gasteiger partial charge >= 0.3 is 0 Å². The normalized spacial score (nSPS) is 11.5. The number of benzene rings is 11. The summed E-state index contributed by atoms with van der Waals surface area (Å²) >= 11 is 0. The Bertz CT molecular complexity index is 3570. The van der Waals surface area contributed by atoms with Crippen molar-refractivity contribution >= 4 is 71.2 Å². The van der Waals surface area contributed by atoms with E-state index in [4.69, 9.17) is 0 Å². The Labute approximate surface area is 360 Å². The molecule has 0 unspecified atom stereocenters. The van der Waals surface area contributed by atoms with Crippen LogP contribution in [0.3, 0.4) is 0 Å². The summed E-state index contributed by atoms with van der Waals surface area (Å²) in [6.45, 7) is 0. The summed E-state index contributed by atoms with van der Waals surface area (Å²) in [6, 6.07) is 88.5. The Kier molecular flexibility index (Phi) is 8.53. The molecular weight excluding hydrogens is 749 g/mol. The molecule has 0 saturated heterocycles. The molecule has 1 heterocycles. The number of rotatable bonds is 7. The fourth-order valence-corrected chi connectivity index (χ4v) is 9.70. The molecule has 0 radical (unpaired) electrons. The van der Waals surface area contributed by atoms with Crippen LogP contribution in [0, 0.1) is 0 Å². The van der Waals surface area contributed by atoms with Crippen LogP contribution in [0.2, 0.25) is 0 Å². The van der Waals surface area contributed by atoms with Gasteiger partial charge in [0, 0.05) is 33.4 Å². The Hall–Kier alpha value is -8.20. The number of para-hydroxylation sites is 3. The predicted molar refractivity (Wildman–Crippen MR) is 264 cm³/mol. The second-order valence-electron chi connectivity index (χ2n) is 16.1. The van der Waals surface area contributed by atoms with E-state index in [9.17, 15) is 0 Å². The molecule has 11 aromatic carbocycles. The highest BCUT2D eigenvalue weighted by atomic mass is 15.1. The summed E-state index contributed by atoms with van der Waals surface area (Å²) in [4.78, 5) is 2.39. The quantitative estimate of drug-likeness (QED) is 0.146. The van der Waals surface area contributed by atoms with Crippen molar-refractivity contribution in [2.75, 3.05) is 4.90 Å². The first-order valence-corrected chi connectivity index (χ1v) is 21.3. The van der Waals surface area contributed by atoms with Crippen LogP contribution < -0.4 is 4.90 Å². The molecule has 0 amide bonds. The zero-order chi connectivity index (χ0) is 41.0. The lowest BCUT2D eigenvalue weighted by atomic mass is 9.93. The highest BCUT2D eigenvalue weighted by molar-refractivity contribution is 6.14. The molecular formula is C60H40N2. The molecule has 290 valence electrons. The fourth-order valence-electron chi connectivity index (χ4n) is 9.70. The highest BCUT2D eigenvalue weighted by Crippen LogP contribution is 2.42. The summed E-state index contributed by atoms with van der Waals surface area (Å²) < 4.78 is 2.42. The highest BCUT2D eigenvalue weighted by Gasteiger charge is 2.18. The molecule has 2 heteroatoms. The number of aromatic nitrogens is 1. The van der Waals surface area contributed by atoms with Crippen LogP contribution in [-0.4, -0.2) is 4.57 Å². The molecule has 12 rings (SSSR count). The lowest BCUT2D eigenvalue weighted by Gasteiger charge is -2.27. The van der Waals surface area contributed by atoms with E-state index < -0.39 is 0 Å². The van der Waals surface area contributed by atoms with Crippen LogP contribution in [0.1, 0.15) is 0 Å². The molecule has 1 aromatic heterocycles. The van der Waals surface area contributed by atoms with Crippen molar-refractivity contribution in [2.45, 2.75) is 0 Å². The van der Waals surface area contributed by atoms with E-state index in [0.29, 0.717) is 0 Å². The van der Waals surface area contributed by atoms with Gasteiger partial charge < -0.3 is 9.47 Å². The molecule has 0 aliphatic heterocycles. The van der Waals surface area contributed by atoms with Crippen LogP contribution in [0.5, 0.6) is 0 Å². The minimum Gasteiger partial charge on any atom is -0.310 e. The summed E-state index contributed by atoms with van der Waals surface area (Å²) in [5, 5.41) is 10.1. The third-order valence-corrected chi connectivity index (χ3v) is 12.6. The van der Waals surface area contributed by atoms with E-state index >= 15 is 0 Å². The average molecular weight is 789 g/mol. The van der Waals surface area contributed by atoms with Gasteiger partial charge in [-0.05, 0) is 121 Å². The largest absolute Gasteiger partial charge is 0.310 e. The molecule has 0 saturated carbocycles. The lowest BCUT2D eigenvalue weighted by molar-refractivity contribution is 1.18. The number of nitrogens with zero attached hydrogens (tertiary/aromatic N) is 2. The van der Waals surface area contributed by atoms with E-state index in [2.05, 4.69) is 252 Å². The topological polar surface area (TPSA) is 8.17 Å². The van der Waals surface area contributed by atoms with E-state index in [1.54, 1.807) is 0 Å². The Balaban J connectivity index is 0.990. The van der Waals surface area contributed by atoms with Gasteiger partial charge in [0.25, 0.3) is 0 Å². The van der Waals surface area contributed by atoms with E-state index in [-0.39, 0.29) is 0 Å². The number of anilines is 3. The standard InChI is InChI=1S/C60H40N2/c1-3-20-49-41(15-1)17-14-27-50(49)44-18-13-19-48(39-44)61(47-37-33-43(34-38-47)57-40-45-16-2-4-21-51(45)53-23-5-6-24-54(53)57)46-35-31-42(32-36-46)52-22-7-10-28-58(52)62-59-29-11-8-25-55(59)56-26-9-12-30-60(56)62/h1-40H. The first kappa shape index (κ1) is 35.7. The van der Waals surface area contributed by atoms with Crippen LogP contribution in [0.25, 0.3) is 93.2 Å². The van der Waals surface area contributed by atoms with Crippen LogP contribution in [0.4, 0.5) is 17.1 Å². The van der Waals surface area contributed by atoms with Crippen LogP contribution in [0.15, 0.2) is 243 Å². The molecule has 0 aliphatic carbocycles. The van der Waals surface area contributed by atoms with Gasteiger partial charge in [0.15, 0.2) is 0 Å². The lowest BCUT2D eigenvalue weighted by Crippen LogP contribution is -2.10. The SMILES string of the molecule is c1cc(-c2cccc3ccccc23)cc(N(c2ccc(-c3ccccc3-n3c4ccccc4c4ccccc43)cc2)c2ccc(-c3cc4ccccc4c4ccccc34)cc2)c1. The smallest absolute Gasteiger partial charge is 0.0541 e. The van der Waals surface area contributed by atoms with Gasteiger partial charge in [0.05, 0.1) is 16.7 Å². The minimum absolute atomic E-state index is 1.09. The first-order valence-electron chi connectivity index (χ1n) is 21.3. The zero-order valence-corrected chi connectivity index (χ0v) is 34.0. The monoisotopic (exact) mass is 788 g/mol. The van der Waals surface area contributed by atoms with Gasteiger partial charge in [0.1, 0.15) is 0 Å². The maximum Gasteiger partial charge on any atom is 0.0541 e. The molecule has 2 nitrogen and oxygen atoms in total. The predicted octanol–water partition coefficient (Wildman–Crippen LogP) is 16.7. The van der Waals surface area contributed by atoms with Gasteiger partial charge in [-0.1, -0.05) is 182 Å². The number of hydrogen-bond acceptors (Lipinski definition) is 1. The summed E-state index contributed by atoms with van der Waals surface area (Å²) in [7, 11) is 0. The second kappa shape index (κ2) is 14.8. The van der Waals surface area contributed by atoms with Crippen molar-refractivity contribution in [3.05, 3.63) is 243 Å². The van der Waals surface area contributed by atoms with Gasteiger partial charge in [-0.3, -0.25) is 0 Å². The summed E-state index contributed by atoms with van der Waals surface area (Å²) in [5.74, 6) is 0. The van der Waals surface area contributed by atoms with E-state index in [1.165, 1.54) is 81.9 Å². The van der Waals surface area contributed by atoms with Crippen molar-refractivity contribution in [2.24, 2.45) is 0 Å². The maximum absolute atomic E-state index is 2.42. The molecule has 0 N–H and O–H groups in total. The molecule has 12 aromatic rings. The molecule has 0 aliphatic rings. The van der Waals surface area contributed by atoms with Crippen molar-refractivity contribution in [1.82, 2.24) is 4.57 Å². The molecule has 62 heavy (non-hydrogen) atoms. The first-order chi connectivity index (χ1) is 30.8. The Morgan fingerprint density at radius 1 is 0.258 bits per heavy atom. The zero-order valence-electron chi connectivity index (χ0n) is 34.0. The van der Waals surface area contributed by atoms with Gasteiger partial charge in [-0.2, -0.15) is 0 Å². The summed E-state index contributed by atoms with van der Waals surface area (Å²) in [6.07, 6.45) is 0. The molecule has 0 fully saturated rings. The van der Waals surface area contributed by atoms with Crippen molar-refractivity contribution in [3.63, 3.8) is 0 Å². The van der Waals surface area contributed by atoms with Gasteiger partial charge in [-0.25, -0.2) is 0 Å². The van der Waals surface area contributed by atoms with Crippen molar-refractivity contribution in [1.29, 1.82) is 0 Å². The second-order valence-corrected chi connectivity index (χ2v) is 16.1. The van der Waals surface area contributed by atoms with E-state index in [0.717, 1.165) is 28.3 Å². The van der Waals surface area contributed by atoms with Gasteiger partial charge in [-0.15, -0.1) is 0 Å². The Morgan fingerprint density at radius 3 is 1.47 bits per heavy atom. The van der Waals surface area contributed by atoms with Crippen molar-refractivity contribution in [3.8, 4) is 39.1 Å².